The van der Waals surface area contributed by atoms with E-state index in [1.165, 1.54) is 65.5 Å². The maximum Gasteiger partial charge on any atom is 0.117 e. The van der Waals surface area contributed by atoms with Gasteiger partial charge >= 0.3 is 0 Å². The van der Waals surface area contributed by atoms with E-state index in [4.69, 9.17) is 0 Å². The molecule has 0 N–H and O–H groups in total. The van der Waals surface area contributed by atoms with Crippen molar-refractivity contribution in [3.05, 3.63) is 109 Å². The maximum absolute atomic E-state index is 2.48. The number of hydrogen-bond acceptors (Lipinski definition) is 1. The summed E-state index contributed by atoms with van der Waals surface area (Å²) in [6.07, 6.45) is 0. The molecule has 0 spiro atoms. The molecular formula is C32H24N2Si. The minimum Gasteiger partial charge on any atom is -0.311 e. The first-order chi connectivity index (χ1) is 17.1. The van der Waals surface area contributed by atoms with E-state index in [1.807, 2.05) is 0 Å². The highest BCUT2D eigenvalue weighted by atomic mass is 28.3. The minimum absolute atomic E-state index is 1.22. The quantitative estimate of drug-likeness (QED) is 0.229. The first-order valence-electron chi connectivity index (χ1n) is 12.3. The molecule has 0 fully saturated rings. The van der Waals surface area contributed by atoms with Gasteiger partial charge in [-0.3, -0.25) is 0 Å². The van der Waals surface area contributed by atoms with Crippen molar-refractivity contribution in [1.29, 1.82) is 0 Å². The molecule has 35 heavy (non-hydrogen) atoms. The zero-order valence-electron chi connectivity index (χ0n) is 19.8. The largest absolute Gasteiger partial charge is 0.311 e. The number of para-hydroxylation sites is 4. The number of rotatable bonds is 1. The number of aromatic nitrogens is 1. The van der Waals surface area contributed by atoms with Crippen molar-refractivity contribution in [2.75, 3.05) is 4.90 Å². The van der Waals surface area contributed by atoms with Crippen molar-refractivity contribution < 1.29 is 0 Å². The number of anilines is 3. The molecule has 0 amide bonds. The van der Waals surface area contributed by atoms with Crippen LogP contribution in [0, 0.1) is 0 Å². The molecule has 2 nitrogen and oxygen atoms in total. The third kappa shape index (κ3) is 2.34. The molecular weight excluding hydrogens is 440 g/mol. The fraction of sp³-hybridized carbons (Fsp3) is 0.0625. The first-order valence-corrected chi connectivity index (χ1v) is 15.3. The van der Waals surface area contributed by atoms with Gasteiger partial charge in [-0.2, -0.15) is 0 Å². The fourth-order valence-electron chi connectivity index (χ4n) is 6.51. The molecule has 166 valence electrons. The number of nitrogens with zero attached hydrogens (tertiary/aromatic N) is 2. The molecule has 3 heterocycles. The van der Waals surface area contributed by atoms with Crippen LogP contribution in [-0.4, -0.2) is 12.5 Å². The topological polar surface area (TPSA) is 7.65 Å². The molecule has 0 atom stereocenters. The highest BCUT2D eigenvalue weighted by Gasteiger charge is 2.38. The average Bonchev–Trinajstić information content (AvgIpc) is 3.41. The monoisotopic (exact) mass is 464 g/mol. The second-order valence-electron chi connectivity index (χ2n) is 10.3. The number of benzene rings is 5. The predicted octanol–water partition coefficient (Wildman–Crippen LogP) is 7.44. The zero-order chi connectivity index (χ0) is 23.3. The molecule has 7 aromatic rings. The number of fused-ring (bicyclic) bond motifs is 8. The Kier molecular flexibility index (Phi) is 3.59. The van der Waals surface area contributed by atoms with E-state index in [0.29, 0.717) is 0 Å². The van der Waals surface area contributed by atoms with E-state index in [-0.39, 0.29) is 0 Å². The molecule has 5 aromatic carbocycles. The van der Waals surface area contributed by atoms with Crippen LogP contribution in [0.5, 0.6) is 0 Å². The summed E-state index contributed by atoms with van der Waals surface area (Å²) in [6.45, 7) is 4.95. The normalized spacial score (nSPS) is 14.7. The Morgan fingerprint density at radius 1 is 0.514 bits per heavy atom. The summed E-state index contributed by atoms with van der Waals surface area (Å²) >= 11 is 0. The van der Waals surface area contributed by atoms with E-state index >= 15 is 0 Å². The standard InChI is InChI=1S/C32H24N2Si/c1-35(2)30-16-7-5-14-28(30)33(29-15-6-8-17-31(29)35)21-18-19-27-25(20-21)24-12-9-11-23-22-10-3-4-13-26(22)34(27)32(23)24/h3-20H,1-2H3. The van der Waals surface area contributed by atoms with Gasteiger partial charge in [0.1, 0.15) is 8.07 Å². The smallest absolute Gasteiger partial charge is 0.117 e. The van der Waals surface area contributed by atoms with Gasteiger partial charge in [0.05, 0.1) is 16.6 Å². The Hall–Kier alpha value is -4.08. The average molecular weight is 465 g/mol. The summed E-state index contributed by atoms with van der Waals surface area (Å²) in [6, 6.07) is 40.6. The van der Waals surface area contributed by atoms with E-state index in [9.17, 15) is 0 Å². The molecule has 0 radical (unpaired) electrons. The molecule has 3 heteroatoms. The lowest BCUT2D eigenvalue weighted by atomic mass is 10.1. The first kappa shape index (κ1) is 19.2. The van der Waals surface area contributed by atoms with E-state index in [0.717, 1.165) is 0 Å². The van der Waals surface area contributed by atoms with Crippen LogP contribution in [0.3, 0.4) is 0 Å². The van der Waals surface area contributed by atoms with Crippen molar-refractivity contribution in [3.63, 3.8) is 0 Å². The van der Waals surface area contributed by atoms with Gasteiger partial charge < -0.3 is 9.30 Å². The lowest BCUT2D eigenvalue weighted by Gasteiger charge is -2.41. The molecule has 8 rings (SSSR count). The Morgan fingerprint density at radius 2 is 1.09 bits per heavy atom. The molecule has 0 saturated carbocycles. The van der Waals surface area contributed by atoms with E-state index in [2.05, 4.69) is 132 Å². The molecule has 0 bridgehead atoms. The van der Waals surface area contributed by atoms with Crippen LogP contribution in [0.1, 0.15) is 0 Å². The van der Waals surface area contributed by atoms with Crippen LogP contribution in [0.4, 0.5) is 17.1 Å². The van der Waals surface area contributed by atoms with Crippen molar-refractivity contribution in [1.82, 2.24) is 4.40 Å². The molecule has 0 aliphatic carbocycles. The summed E-state index contributed by atoms with van der Waals surface area (Å²) in [7, 11) is -1.78. The van der Waals surface area contributed by atoms with Crippen molar-refractivity contribution >= 4 is 73.6 Å². The predicted molar refractivity (Wildman–Crippen MR) is 153 cm³/mol. The highest BCUT2D eigenvalue weighted by molar-refractivity contribution is 7.02. The maximum atomic E-state index is 2.48. The van der Waals surface area contributed by atoms with Gasteiger partial charge in [-0.1, -0.05) is 85.9 Å². The molecule has 2 aromatic heterocycles. The second-order valence-corrected chi connectivity index (χ2v) is 14.6. The summed E-state index contributed by atoms with van der Waals surface area (Å²) in [4.78, 5) is 2.48. The van der Waals surface area contributed by atoms with Crippen LogP contribution < -0.4 is 15.3 Å². The van der Waals surface area contributed by atoms with Gasteiger partial charge in [-0.05, 0) is 46.8 Å². The van der Waals surface area contributed by atoms with Gasteiger partial charge in [-0.25, -0.2) is 0 Å². The van der Waals surface area contributed by atoms with Crippen LogP contribution >= 0.6 is 0 Å². The van der Waals surface area contributed by atoms with E-state index < -0.39 is 8.07 Å². The van der Waals surface area contributed by atoms with Crippen LogP contribution in [0.15, 0.2) is 109 Å². The lowest BCUT2D eigenvalue weighted by Crippen LogP contribution is -2.58. The van der Waals surface area contributed by atoms with Crippen molar-refractivity contribution in [2.45, 2.75) is 13.1 Å². The Morgan fingerprint density at radius 3 is 1.83 bits per heavy atom. The Labute approximate surface area is 205 Å². The molecule has 0 unspecified atom stereocenters. The Balaban J connectivity index is 1.46. The third-order valence-corrected chi connectivity index (χ3v) is 11.6. The molecule has 1 aliphatic heterocycles. The summed E-state index contributed by atoms with van der Waals surface area (Å²) in [5.74, 6) is 0. The van der Waals surface area contributed by atoms with Crippen molar-refractivity contribution in [3.8, 4) is 0 Å². The SMILES string of the molecule is C[Si]1(C)c2ccccc2N(c2ccc3c(c2)c2cccc4c5ccccc5n3c42)c2ccccc21. The summed E-state index contributed by atoms with van der Waals surface area (Å²) in [5.41, 5.74) is 7.75. The zero-order valence-corrected chi connectivity index (χ0v) is 20.8. The van der Waals surface area contributed by atoms with Gasteiger partial charge in [0.2, 0.25) is 0 Å². The molecule has 1 aliphatic rings. The molecule has 0 saturated heterocycles. The summed E-state index contributed by atoms with van der Waals surface area (Å²) in [5, 5.41) is 8.29. The number of hydrogen-bond donors (Lipinski definition) is 0. The van der Waals surface area contributed by atoms with E-state index in [1.54, 1.807) is 0 Å². The van der Waals surface area contributed by atoms with Crippen LogP contribution in [0.25, 0.3) is 38.1 Å². The third-order valence-electron chi connectivity index (χ3n) is 8.10. The van der Waals surface area contributed by atoms with Crippen molar-refractivity contribution in [2.24, 2.45) is 0 Å². The summed E-state index contributed by atoms with van der Waals surface area (Å²) < 4.78 is 2.45. The Bertz CT molecular complexity index is 1900. The second kappa shape index (κ2) is 6.53. The van der Waals surface area contributed by atoms with Crippen LogP contribution in [0.2, 0.25) is 13.1 Å². The van der Waals surface area contributed by atoms with Crippen LogP contribution in [-0.2, 0) is 0 Å². The highest BCUT2D eigenvalue weighted by Crippen LogP contribution is 2.43. The minimum atomic E-state index is -1.78. The van der Waals surface area contributed by atoms with Gasteiger partial charge in [-0.15, -0.1) is 0 Å². The van der Waals surface area contributed by atoms with Gasteiger partial charge in [0.25, 0.3) is 0 Å². The van der Waals surface area contributed by atoms with Gasteiger partial charge in [0, 0.05) is 38.6 Å². The lowest BCUT2D eigenvalue weighted by molar-refractivity contribution is 1.29. The fourth-order valence-corrected chi connectivity index (χ4v) is 9.49. The van der Waals surface area contributed by atoms with Gasteiger partial charge in [0.15, 0.2) is 0 Å².